The Labute approximate surface area is 123 Å². The number of benzene rings is 1. The molecule has 4 nitrogen and oxygen atoms in total. The number of unbranched alkanes of at least 4 members (excludes halogenated alkanes) is 1. The third-order valence-corrected chi connectivity index (χ3v) is 3.32. The van der Waals surface area contributed by atoms with E-state index in [-0.39, 0.29) is 0 Å². The van der Waals surface area contributed by atoms with Crippen LogP contribution in [0.3, 0.4) is 0 Å². The normalized spacial score (nSPS) is 11.3. The molecule has 0 radical (unpaired) electrons. The van der Waals surface area contributed by atoms with Gasteiger partial charge in [-0.25, -0.2) is 0 Å². The van der Waals surface area contributed by atoms with E-state index in [1.54, 1.807) is 0 Å². The summed E-state index contributed by atoms with van der Waals surface area (Å²) < 4.78 is 0. The lowest BCUT2D eigenvalue weighted by molar-refractivity contribution is 0.464. The lowest BCUT2D eigenvalue weighted by atomic mass is 10.2. The first-order valence-corrected chi connectivity index (χ1v) is 7.26. The lowest BCUT2D eigenvalue weighted by Crippen LogP contribution is -2.38. The van der Waals surface area contributed by atoms with Gasteiger partial charge in [-0.15, -0.1) is 0 Å². The van der Waals surface area contributed by atoms with Gasteiger partial charge in [0.2, 0.25) is 0 Å². The second-order valence-corrected chi connectivity index (χ2v) is 5.24. The highest BCUT2D eigenvalue weighted by atomic mass is 15.3. The molecule has 112 valence electrons. The van der Waals surface area contributed by atoms with Gasteiger partial charge >= 0.3 is 0 Å². The maximum absolute atomic E-state index is 4.32. The van der Waals surface area contributed by atoms with Crippen molar-refractivity contribution in [2.45, 2.75) is 26.3 Å². The number of anilines is 1. The van der Waals surface area contributed by atoms with Crippen LogP contribution in [0.2, 0.25) is 0 Å². The molecule has 0 aliphatic rings. The summed E-state index contributed by atoms with van der Waals surface area (Å²) in [6.07, 6.45) is 2.39. The molecule has 0 heterocycles. The Hall–Kier alpha value is -1.71. The van der Waals surface area contributed by atoms with E-state index in [0.29, 0.717) is 0 Å². The van der Waals surface area contributed by atoms with Crippen LogP contribution in [0.5, 0.6) is 0 Å². The smallest absolute Gasteiger partial charge is 0.193 e. The zero-order valence-corrected chi connectivity index (χ0v) is 13.5. The van der Waals surface area contributed by atoms with Crippen molar-refractivity contribution >= 4 is 11.6 Å². The average molecular weight is 276 g/mol. The zero-order valence-electron chi connectivity index (χ0n) is 13.5. The van der Waals surface area contributed by atoms with Crippen molar-refractivity contribution < 1.29 is 0 Å². The predicted molar refractivity (Wildman–Crippen MR) is 88.5 cm³/mol. The Balaban J connectivity index is 2.52. The van der Waals surface area contributed by atoms with Crippen LogP contribution >= 0.6 is 0 Å². The van der Waals surface area contributed by atoms with Crippen molar-refractivity contribution in [1.82, 2.24) is 10.2 Å². The first-order valence-electron chi connectivity index (χ1n) is 7.26. The van der Waals surface area contributed by atoms with E-state index in [2.05, 4.69) is 72.4 Å². The largest absolute Gasteiger partial charge is 0.378 e. The number of guanidine groups is 1. The zero-order chi connectivity index (χ0) is 15.0. The monoisotopic (exact) mass is 276 g/mol. The molecule has 0 aliphatic carbocycles. The van der Waals surface area contributed by atoms with E-state index in [0.717, 1.165) is 19.0 Å². The Morgan fingerprint density at radius 2 is 1.80 bits per heavy atom. The fourth-order valence-corrected chi connectivity index (χ4v) is 1.98. The molecule has 1 aromatic carbocycles. The molecule has 0 saturated carbocycles. The maximum atomic E-state index is 4.32. The Morgan fingerprint density at radius 3 is 2.30 bits per heavy atom. The van der Waals surface area contributed by atoms with Gasteiger partial charge in [0.05, 0.1) is 0 Å². The van der Waals surface area contributed by atoms with Crippen LogP contribution < -0.4 is 10.2 Å². The van der Waals surface area contributed by atoms with Gasteiger partial charge in [-0.3, -0.25) is 4.99 Å². The van der Waals surface area contributed by atoms with Crippen LogP contribution in [0.25, 0.3) is 0 Å². The fourth-order valence-electron chi connectivity index (χ4n) is 1.98. The van der Waals surface area contributed by atoms with E-state index >= 15 is 0 Å². The highest BCUT2D eigenvalue weighted by Crippen LogP contribution is 2.12. The minimum absolute atomic E-state index is 0.802. The van der Waals surface area contributed by atoms with Crippen molar-refractivity contribution in [2.24, 2.45) is 4.99 Å². The molecule has 0 saturated heterocycles. The molecule has 0 amide bonds. The summed E-state index contributed by atoms with van der Waals surface area (Å²) in [6.45, 7) is 4.04. The second kappa shape index (κ2) is 8.46. The number of rotatable bonds is 6. The molecule has 1 rings (SSSR count). The van der Waals surface area contributed by atoms with Gasteiger partial charge in [0.1, 0.15) is 0 Å². The quantitative estimate of drug-likeness (QED) is 0.640. The highest BCUT2D eigenvalue weighted by Gasteiger charge is 2.04. The average Bonchev–Trinajstić information content (AvgIpc) is 2.46. The van der Waals surface area contributed by atoms with Crippen LogP contribution in [0.15, 0.2) is 29.3 Å². The Kier molecular flexibility index (Phi) is 6.91. The van der Waals surface area contributed by atoms with Gasteiger partial charge in [0.25, 0.3) is 0 Å². The molecule has 1 aromatic rings. The highest BCUT2D eigenvalue weighted by molar-refractivity contribution is 5.79. The van der Waals surface area contributed by atoms with Crippen molar-refractivity contribution in [2.75, 3.05) is 39.6 Å². The van der Waals surface area contributed by atoms with E-state index < -0.39 is 0 Å². The van der Waals surface area contributed by atoms with E-state index in [4.69, 9.17) is 0 Å². The minimum atomic E-state index is 0.802. The molecule has 0 fully saturated rings. The summed E-state index contributed by atoms with van der Waals surface area (Å²) in [5, 5.41) is 3.41. The maximum Gasteiger partial charge on any atom is 0.193 e. The molecule has 0 bridgehead atoms. The van der Waals surface area contributed by atoms with Gasteiger partial charge in [-0.1, -0.05) is 25.5 Å². The Bertz CT molecular complexity index is 409. The van der Waals surface area contributed by atoms with Crippen LogP contribution in [-0.2, 0) is 6.54 Å². The molecular weight excluding hydrogens is 248 g/mol. The number of nitrogens with zero attached hydrogens (tertiary/aromatic N) is 3. The van der Waals surface area contributed by atoms with Gasteiger partial charge in [0, 0.05) is 47.0 Å². The van der Waals surface area contributed by atoms with Crippen LogP contribution in [-0.4, -0.2) is 45.6 Å². The van der Waals surface area contributed by atoms with Gasteiger partial charge < -0.3 is 15.1 Å². The summed E-state index contributed by atoms with van der Waals surface area (Å²) in [5.74, 6) is 0.954. The second-order valence-electron chi connectivity index (χ2n) is 5.24. The lowest BCUT2D eigenvalue weighted by Gasteiger charge is -2.22. The number of aliphatic imine (C=N–C) groups is 1. The summed E-state index contributed by atoms with van der Waals surface area (Å²) in [4.78, 5) is 8.61. The third-order valence-electron chi connectivity index (χ3n) is 3.32. The summed E-state index contributed by atoms with van der Waals surface area (Å²) in [6, 6.07) is 8.59. The number of hydrogen-bond donors (Lipinski definition) is 1. The fraction of sp³-hybridized carbons (Fsp3) is 0.562. The van der Waals surface area contributed by atoms with Crippen molar-refractivity contribution in [1.29, 1.82) is 0 Å². The van der Waals surface area contributed by atoms with Crippen molar-refractivity contribution in [3.8, 4) is 0 Å². The standard InChI is InChI=1S/C16H28N4/c1-6-7-12-20(5)16(17-2)18-13-14-8-10-15(11-9-14)19(3)4/h8-11H,6-7,12-13H2,1-5H3,(H,17,18). The van der Waals surface area contributed by atoms with Gasteiger partial charge in [0.15, 0.2) is 5.96 Å². The van der Waals surface area contributed by atoms with Crippen LogP contribution in [0.4, 0.5) is 5.69 Å². The minimum Gasteiger partial charge on any atom is -0.378 e. The number of nitrogens with one attached hydrogen (secondary N) is 1. The molecule has 0 aliphatic heterocycles. The van der Waals surface area contributed by atoms with Crippen LogP contribution in [0.1, 0.15) is 25.3 Å². The molecule has 20 heavy (non-hydrogen) atoms. The van der Waals surface area contributed by atoms with E-state index in [9.17, 15) is 0 Å². The predicted octanol–water partition coefficient (Wildman–Crippen LogP) is 2.56. The van der Waals surface area contributed by atoms with E-state index in [1.165, 1.54) is 24.1 Å². The van der Waals surface area contributed by atoms with Gasteiger partial charge in [-0.2, -0.15) is 0 Å². The summed E-state index contributed by atoms with van der Waals surface area (Å²) in [7, 11) is 8.02. The van der Waals surface area contributed by atoms with Crippen LogP contribution in [0, 0.1) is 0 Å². The first kappa shape index (κ1) is 16.3. The topological polar surface area (TPSA) is 30.9 Å². The van der Waals surface area contributed by atoms with Gasteiger partial charge in [-0.05, 0) is 24.1 Å². The summed E-state index contributed by atoms with van der Waals surface area (Å²) >= 11 is 0. The van der Waals surface area contributed by atoms with Crippen molar-refractivity contribution in [3.63, 3.8) is 0 Å². The molecule has 0 aromatic heterocycles. The molecule has 0 spiro atoms. The SMILES string of the molecule is CCCCN(C)C(=NC)NCc1ccc(N(C)C)cc1. The third kappa shape index (κ3) is 5.11. The molecule has 0 unspecified atom stereocenters. The molecule has 0 atom stereocenters. The summed E-state index contributed by atoms with van der Waals surface area (Å²) in [5.41, 5.74) is 2.49. The van der Waals surface area contributed by atoms with Crippen molar-refractivity contribution in [3.05, 3.63) is 29.8 Å². The van der Waals surface area contributed by atoms with E-state index in [1.807, 2.05) is 7.05 Å². The number of hydrogen-bond acceptors (Lipinski definition) is 2. The molecule has 1 N–H and O–H groups in total. The molecular formula is C16H28N4. The first-order chi connectivity index (χ1) is 9.58. The molecule has 4 heteroatoms. The Morgan fingerprint density at radius 1 is 1.15 bits per heavy atom.